The van der Waals surface area contributed by atoms with Gasteiger partial charge >= 0.3 is 0 Å². The van der Waals surface area contributed by atoms with Gasteiger partial charge in [0.1, 0.15) is 17.2 Å². The molecule has 0 bridgehead atoms. The van der Waals surface area contributed by atoms with E-state index in [1.807, 2.05) is 30.3 Å². The first-order valence-corrected chi connectivity index (χ1v) is 6.43. The fourth-order valence-corrected chi connectivity index (χ4v) is 2.48. The topological polar surface area (TPSA) is 13.1 Å². The molecule has 0 fully saturated rings. The minimum Gasteiger partial charge on any atom is -0.460 e. The molecule has 0 aliphatic heterocycles. The number of benzene rings is 2. The third-order valence-electron chi connectivity index (χ3n) is 2.81. The average molecular weight is 305 g/mol. The molecule has 2 aromatic carbocycles. The van der Waals surface area contributed by atoms with E-state index >= 15 is 0 Å². The second-order valence-corrected chi connectivity index (χ2v) is 5.03. The van der Waals surface area contributed by atoms with Crippen LogP contribution < -0.4 is 0 Å². The number of fused-ring (bicyclic) bond motifs is 1. The Morgan fingerprint density at radius 2 is 1.89 bits per heavy atom. The summed E-state index contributed by atoms with van der Waals surface area (Å²) in [5.41, 5.74) is 1.74. The molecule has 1 aromatic heterocycles. The van der Waals surface area contributed by atoms with Crippen molar-refractivity contribution in [1.29, 1.82) is 0 Å². The minimum absolute atomic E-state index is 0.218. The molecule has 0 aliphatic carbocycles. The summed E-state index contributed by atoms with van der Waals surface area (Å²) in [7, 11) is 0. The lowest BCUT2D eigenvalue weighted by molar-refractivity contribution is 0.560. The van der Waals surface area contributed by atoms with E-state index in [1.165, 1.54) is 12.1 Å². The number of hydrogen-bond donors (Lipinski definition) is 0. The smallest absolute Gasteiger partial charge is 0.148 e. The Morgan fingerprint density at radius 3 is 2.67 bits per heavy atom. The maximum Gasteiger partial charge on any atom is 0.148 e. The molecule has 1 heterocycles. The lowest BCUT2D eigenvalue weighted by atomic mass is 10.1. The summed E-state index contributed by atoms with van der Waals surface area (Å²) < 4.78 is 19.8. The molecule has 0 saturated heterocycles. The van der Waals surface area contributed by atoms with Crippen molar-refractivity contribution in [2.45, 2.75) is 6.42 Å². The van der Waals surface area contributed by atoms with E-state index < -0.39 is 0 Å². The highest BCUT2D eigenvalue weighted by Gasteiger charge is 2.07. The van der Waals surface area contributed by atoms with Crippen molar-refractivity contribution in [2.75, 3.05) is 0 Å². The van der Waals surface area contributed by atoms with Gasteiger partial charge in [0.25, 0.3) is 0 Å². The Balaban J connectivity index is 1.98. The van der Waals surface area contributed by atoms with Crippen molar-refractivity contribution in [3.63, 3.8) is 0 Å². The number of hydrogen-bond acceptors (Lipinski definition) is 1. The van der Waals surface area contributed by atoms with Crippen LogP contribution in [0.5, 0.6) is 0 Å². The van der Waals surface area contributed by atoms with Gasteiger partial charge in [-0.15, -0.1) is 0 Å². The van der Waals surface area contributed by atoms with Crippen molar-refractivity contribution in [2.24, 2.45) is 0 Å². The fourth-order valence-electron chi connectivity index (χ4n) is 2.02. The molecule has 0 spiro atoms. The second-order valence-electron chi connectivity index (χ2n) is 4.18. The molecule has 3 heteroatoms. The zero-order chi connectivity index (χ0) is 12.5. The van der Waals surface area contributed by atoms with Gasteiger partial charge in [-0.25, -0.2) is 4.39 Å². The minimum atomic E-state index is -0.218. The molecule has 0 unspecified atom stereocenters. The van der Waals surface area contributed by atoms with Crippen LogP contribution in [0.15, 0.2) is 57.4 Å². The molecule has 1 nitrogen and oxygen atoms in total. The lowest BCUT2D eigenvalue weighted by Crippen LogP contribution is -1.86. The lowest BCUT2D eigenvalue weighted by Gasteiger charge is -1.97. The molecule has 90 valence electrons. The van der Waals surface area contributed by atoms with Crippen LogP contribution in [-0.4, -0.2) is 0 Å². The van der Waals surface area contributed by atoms with Gasteiger partial charge in [-0.2, -0.15) is 0 Å². The zero-order valence-electron chi connectivity index (χ0n) is 9.49. The van der Waals surface area contributed by atoms with Gasteiger partial charge in [0.05, 0.1) is 4.47 Å². The van der Waals surface area contributed by atoms with Gasteiger partial charge in [0.15, 0.2) is 0 Å². The fraction of sp³-hybridized carbons (Fsp3) is 0.0667. The monoisotopic (exact) mass is 304 g/mol. The highest BCUT2D eigenvalue weighted by atomic mass is 79.9. The predicted molar refractivity (Wildman–Crippen MR) is 73.1 cm³/mol. The molecule has 3 aromatic rings. The molecule has 3 rings (SSSR count). The third kappa shape index (κ3) is 2.18. The van der Waals surface area contributed by atoms with Gasteiger partial charge < -0.3 is 4.42 Å². The number of para-hydroxylation sites is 1. The van der Waals surface area contributed by atoms with Crippen molar-refractivity contribution in [3.8, 4) is 0 Å². The number of furan rings is 1. The highest BCUT2D eigenvalue weighted by molar-refractivity contribution is 9.10. The van der Waals surface area contributed by atoms with Crippen molar-refractivity contribution >= 4 is 26.9 Å². The Morgan fingerprint density at radius 1 is 1.06 bits per heavy atom. The van der Waals surface area contributed by atoms with Gasteiger partial charge in [-0.1, -0.05) is 24.3 Å². The van der Waals surface area contributed by atoms with E-state index in [1.54, 1.807) is 6.07 Å². The van der Waals surface area contributed by atoms with Crippen LogP contribution in [0.2, 0.25) is 0 Å². The van der Waals surface area contributed by atoms with Crippen LogP contribution >= 0.6 is 15.9 Å². The largest absolute Gasteiger partial charge is 0.460 e. The Bertz CT molecular complexity index is 703. The predicted octanol–water partition coefficient (Wildman–Crippen LogP) is 4.93. The van der Waals surface area contributed by atoms with Gasteiger partial charge in [-0.3, -0.25) is 0 Å². The zero-order valence-corrected chi connectivity index (χ0v) is 11.1. The second kappa shape index (κ2) is 4.58. The van der Waals surface area contributed by atoms with E-state index in [-0.39, 0.29) is 5.82 Å². The molecular formula is C15H10BrFO. The Hall–Kier alpha value is -1.61. The molecule has 0 amide bonds. The van der Waals surface area contributed by atoms with E-state index in [9.17, 15) is 4.39 Å². The summed E-state index contributed by atoms with van der Waals surface area (Å²) in [4.78, 5) is 0. The summed E-state index contributed by atoms with van der Waals surface area (Å²) in [6, 6.07) is 14.5. The van der Waals surface area contributed by atoms with Crippen molar-refractivity contribution in [3.05, 3.63) is 70.1 Å². The van der Waals surface area contributed by atoms with Crippen molar-refractivity contribution in [1.82, 2.24) is 0 Å². The molecular weight excluding hydrogens is 295 g/mol. The summed E-state index contributed by atoms with van der Waals surface area (Å²) >= 11 is 3.45. The van der Waals surface area contributed by atoms with Gasteiger partial charge in [0, 0.05) is 11.8 Å². The molecule has 0 saturated carbocycles. The Kier molecular flexibility index (Phi) is 2.92. The normalized spacial score (nSPS) is 11.0. The SMILES string of the molecule is Fc1cccc(Cc2cc3cccc(Br)c3o2)c1. The molecule has 18 heavy (non-hydrogen) atoms. The van der Waals surface area contributed by atoms with Crippen LogP contribution in [0, 0.1) is 5.82 Å². The summed E-state index contributed by atoms with van der Waals surface area (Å²) in [5.74, 6) is 0.618. The van der Waals surface area contributed by atoms with Gasteiger partial charge in [0.2, 0.25) is 0 Å². The van der Waals surface area contributed by atoms with Gasteiger partial charge in [-0.05, 0) is 45.8 Å². The molecule has 0 radical (unpaired) electrons. The van der Waals surface area contributed by atoms with E-state index in [4.69, 9.17) is 4.42 Å². The highest BCUT2D eigenvalue weighted by Crippen LogP contribution is 2.28. The van der Waals surface area contributed by atoms with E-state index in [0.717, 1.165) is 26.8 Å². The standard InChI is InChI=1S/C15H10BrFO/c16-14-6-2-4-11-9-13(18-15(11)14)8-10-3-1-5-12(17)7-10/h1-7,9H,8H2. The molecule has 0 N–H and O–H groups in total. The van der Waals surface area contributed by atoms with E-state index in [2.05, 4.69) is 15.9 Å². The van der Waals surface area contributed by atoms with Crippen LogP contribution in [0.1, 0.15) is 11.3 Å². The maximum atomic E-state index is 13.1. The number of rotatable bonds is 2. The maximum absolute atomic E-state index is 13.1. The van der Waals surface area contributed by atoms with Crippen LogP contribution in [0.25, 0.3) is 11.0 Å². The van der Waals surface area contributed by atoms with Crippen LogP contribution in [-0.2, 0) is 6.42 Å². The van der Waals surface area contributed by atoms with Crippen LogP contribution in [0.3, 0.4) is 0 Å². The average Bonchev–Trinajstić information content (AvgIpc) is 2.73. The third-order valence-corrected chi connectivity index (χ3v) is 3.44. The van der Waals surface area contributed by atoms with Crippen LogP contribution in [0.4, 0.5) is 4.39 Å². The first kappa shape index (κ1) is 11.5. The first-order chi connectivity index (χ1) is 8.72. The molecule has 0 aliphatic rings. The first-order valence-electron chi connectivity index (χ1n) is 5.64. The van der Waals surface area contributed by atoms with E-state index in [0.29, 0.717) is 6.42 Å². The summed E-state index contributed by atoms with van der Waals surface area (Å²) in [6.07, 6.45) is 0.596. The Labute approximate surface area is 112 Å². The molecule has 0 atom stereocenters. The van der Waals surface area contributed by atoms with Crippen molar-refractivity contribution < 1.29 is 8.81 Å². The number of halogens is 2. The summed E-state index contributed by atoms with van der Waals surface area (Å²) in [6.45, 7) is 0. The summed E-state index contributed by atoms with van der Waals surface area (Å²) in [5, 5.41) is 1.05. The quantitative estimate of drug-likeness (QED) is 0.654.